The second kappa shape index (κ2) is 9.49. The van der Waals surface area contributed by atoms with Gasteiger partial charge < -0.3 is 4.98 Å². The Hall–Kier alpha value is -5.60. The van der Waals surface area contributed by atoms with Gasteiger partial charge in [-0.2, -0.15) is 5.10 Å². The van der Waals surface area contributed by atoms with E-state index in [1.165, 1.54) is 0 Å². The first-order valence-corrected chi connectivity index (χ1v) is 9.70. The van der Waals surface area contributed by atoms with Crippen molar-refractivity contribution in [1.82, 2.24) is 9.97 Å². The van der Waals surface area contributed by atoms with Gasteiger partial charge in [-0.3, -0.25) is 35.8 Å². The summed E-state index contributed by atoms with van der Waals surface area (Å²) < 4.78 is 0. The number of para-hydroxylation sites is 2. The molecule has 2 N–H and O–H groups in total. The van der Waals surface area contributed by atoms with Crippen LogP contribution in [-0.2, 0) is 0 Å². The third-order valence-electron chi connectivity index (χ3n) is 4.61. The first kappa shape index (κ1) is 22.6. The number of nitro groups is 3. The average molecular weight is 475 g/mol. The quantitative estimate of drug-likeness (QED) is 0.124. The maximum atomic E-state index is 11.5. The molecule has 35 heavy (non-hydrogen) atoms. The Balaban J connectivity index is 1.78. The average Bonchev–Trinajstić information content (AvgIpc) is 3.27. The molecule has 0 radical (unpaired) electrons. The molecule has 0 saturated heterocycles. The van der Waals surface area contributed by atoms with Crippen LogP contribution in [0.1, 0.15) is 5.56 Å². The molecule has 0 amide bonds. The molecule has 0 fully saturated rings. The summed E-state index contributed by atoms with van der Waals surface area (Å²) >= 11 is 0. The second-order valence-corrected chi connectivity index (χ2v) is 6.82. The number of H-pyrrole nitrogens is 1. The van der Waals surface area contributed by atoms with Gasteiger partial charge in [0, 0.05) is 5.56 Å². The highest BCUT2D eigenvalue weighted by molar-refractivity contribution is 6.00. The lowest BCUT2D eigenvalue weighted by molar-refractivity contribution is -0.401. The van der Waals surface area contributed by atoms with Crippen LogP contribution in [0.2, 0.25) is 0 Å². The summed E-state index contributed by atoms with van der Waals surface area (Å²) in [5.74, 6) is 0.0649. The van der Waals surface area contributed by atoms with E-state index in [-0.39, 0.29) is 11.8 Å². The summed E-state index contributed by atoms with van der Waals surface area (Å²) in [5, 5.41) is 46.1. The van der Waals surface area contributed by atoms with Crippen LogP contribution in [0.3, 0.4) is 0 Å². The summed E-state index contributed by atoms with van der Waals surface area (Å²) in [6.07, 6.45) is 0. The lowest BCUT2D eigenvalue weighted by atomic mass is 10.2. The Bertz CT molecular complexity index is 1450. The zero-order valence-corrected chi connectivity index (χ0v) is 17.4. The maximum Gasteiger partial charge on any atom is 0.308 e. The number of azo groups is 1. The van der Waals surface area contributed by atoms with Gasteiger partial charge in [0.05, 0.1) is 37.9 Å². The van der Waals surface area contributed by atoms with E-state index in [1.54, 1.807) is 48.5 Å². The minimum absolute atomic E-state index is 0.0898. The number of amidine groups is 1. The molecular formula is C20H13N9O6. The molecule has 0 spiro atoms. The van der Waals surface area contributed by atoms with E-state index in [0.717, 1.165) is 5.52 Å². The lowest BCUT2D eigenvalue weighted by Gasteiger charge is -2.05. The molecule has 3 aromatic carbocycles. The Morgan fingerprint density at radius 2 is 1.49 bits per heavy atom. The highest BCUT2D eigenvalue weighted by Crippen LogP contribution is 2.38. The molecule has 174 valence electrons. The number of hydrogen-bond donors (Lipinski definition) is 2. The van der Waals surface area contributed by atoms with E-state index < -0.39 is 37.5 Å². The monoisotopic (exact) mass is 475 g/mol. The second-order valence-electron chi connectivity index (χ2n) is 6.82. The van der Waals surface area contributed by atoms with Gasteiger partial charge in [-0.05, 0) is 12.1 Å². The molecule has 4 rings (SSSR count). The zero-order valence-electron chi connectivity index (χ0n) is 17.4. The van der Waals surface area contributed by atoms with Gasteiger partial charge in [-0.1, -0.05) is 42.5 Å². The normalized spacial score (nSPS) is 11.6. The summed E-state index contributed by atoms with van der Waals surface area (Å²) in [6.45, 7) is 0. The van der Waals surface area contributed by atoms with Crippen molar-refractivity contribution < 1.29 is 14.8 Å². The number of aromatic nitrogens is 2. The van der Waals surface area contributed by atoms with E-state index in [0.29, 0.717) is 23.2 Å². The van der Waals surface area contributed by atoms with Crippen molar-refractivity contribution in [2.75, 3.05) is 5.43 Å². The Kier molecular flexibility index (Phi) is 6.12. The van der Waals surface area contributed by atoms with Crippen molar-refractivity contribution in [2.24, 2.45) is 15.3 Å². The van der Waals surface area contributed by atoms with E-state index >= 15 is 0 Å². The van der Waals surface area contributed by atoms with E-state index in [2.05, 4.69) is 30.7 Å². The molecule has 1 aromatic heterocycles. The van der Waals surface area contributed by atoms with Crippen molar-refractivity contribution >= 4 is 45.6 Å². The van der Waals surface area contributed by atoms with Crippen LogP contribution in [0.15, 0.2) is 82.1 Å². The van der Waals surface area contributed by atoms with Gasteiger partial charge in [0.25, 0.3) is 5.69 Å². The SMILES string of the molecule is O=[N+]([O-])c1cc([N+](=O)[O-])c(N/N=C(/N=Nc2nc3ccccc3[nH]2)c2ccccc2)c([N+](=O)[O-])c1. The van der Waals surface area contributed by atoms with Crippen molar-refractivity contribution in [3.05, 3.63) is 103 Å². The molecule has 0 aliphatic carbocycles. The summed E-state index contributed by atoms with van der Waals surface area (Å²) in [6, 6.07) is 16.7. The van der Waals surface area contributed by atoms with Gasteiger partial charge in [0.1, 0.15) is 0 Å². The maximum absolute atomic E-state index is 11.5. The van der Waals surface area contributed by atoms with Crippen LogP contribution in [0.4, 0.5) is 28.7 Å². The fourth-order valence-electron chi connectivity index (χ4n) is 3.03. The minimum Gasteiger partial charge on any atom is -0.321 e. The van der Waals surface area contributed by atoms with Crippen molar-refractivity contribution in [3.63, 3.8) is 0 Å². The number of rotatable bonds is 7. The van der Waals surface area contributed by atoms with Crippen LogP contribution in [0.25, 0.3) is 11.0 Å². The molecule has 4 aromatic rings. The van der Waals surface area contributed by atoms with E-state index in [9.17, 15) is 30.3 Å². The first-order valence-electron chi connectivity index (χ1n) is 9.70. The number of imidazole rings is 1. The predicted molar refractivity (Wildman–Crippen MR) is 124 cm³/mol. The molecule has 15 nitrogen and oxygen atoms in total. The number of non-ortho nitro benzene ring substituents is 1. The molecular weight excluding hydrogens is 462 g/mol. The topological polar surface area (TPSA) is 207 Å². The Morgan fingerprint density at radius 3 is 2.09 bits per heavy atom. The standard InChI is InChI=1S/C20H13N9O6/c30-27(31)13-10-16(28(32)33)18(17(11-13)29(34)35)23-24-19(12-6-2-1-3-7-12)25-26-20-21-14-8-4-5-9-15(14)22-20/h1-11,23H,(H,21,22)/b24-19+,26-25?. The number of hydrogen-bond acceptors (Lipinski definition) is 10. The number of anilines is 1. The van der Waals surface area contributed by atoms with Crippen molar-refractivity contribution in [1.29, 1.82) is 0 Å². The van der Waals surface area contributed by atoms with Gasteiger partial charge in [-0.25, -0.2) is 4.98 Å². The number of nitrogens with zero attached hydrogens (tertiary/aromatic N) is 7. The zero-order chi connectivity index (χ0) is 24.9. The molecule has 0 unspecified atom stereocenters. The number of nitrogens with one attached hydrogen (secondary N) is 2. The Labute approximate surface area is 194 Å². The van der Waals surface area contributed by atoms with Gasteiger partial charge >= 0.3 is 11.4 Å². The highest BCUT2D eigenvalue weighted by atomic mass is 16.6. The summed E-state index contributed by atoms with van der Waals surface area (Å²) in [4.78, 5) is 38.3. The summed E-state index contributed by atoms with van der Waals surface area (Å²) in [7, 11) is 0. The molecule has 1 heterocycles. The molecule has 0 saturated carbocycles. The minimum atomic E-state index is -0.990. The van der Waals surface area contributed by atoms with Crippen LogP contribution < -0.4 is 5.43 Å². The lowest BCUT2D eigenvalue weighted by Crippen LogP contribution is -2.06. The van der Waals surface area contributed by atoms with Crippen LogP contribution >= 0.6 is 0 Å². The fourth-order valence-corrected chi connectivity index (χ4v) is 3.03. The number of hydrazone groups is 1. The number of nitro benzene ring substituents is 3. The smallest absolute Gasteiger partial charge is 0.308 e. The molecule has 0 atom stereocenters. The third kappa shape index (κ3) is 4.92. The first-order chi connectivity index (χ1) is 16.8. The van der Waals surface area contributed by atoms with Gasteiger partial charge in [0.2, 0.25) is 17.5 Å². The molecule has 15 heteroatoms. The Morgan fingerprint density at radius 1 is 0.857 bits per heavy atom. The van der Waals surface area contributed by atoms with Crippen molar-refractivity contribution in [2.45, 2.75) is 0 Å². The van der Waals surface area contributed by atoms with Crippen LogP contribution in [0.5, 0.6) is 0 Å². The van der Waals surface area contributed by atoms with Crippen molar-refractivity contribution in [3.8, 4) is 0 Å². The number of aromatic amines is 1. The third-order valence-corrected chi connectivity index (χ3v) is 4.61. The van der Waals surface area contributed by atoms with Gasteiger partial charge in [0.15, 0.2) is 0 Å². The number of benzene rings is 3. The molecule has 0 aliphatic heterocycles. The highest BCUT2D eigenvalue weighted by Gasteiger charge is 2.30. The number of fused-ring (bicyclic) bond motifs is 1. The molecule has 0 bridgehead atoms. The largest absolute Gasteiger partial charge is 0.321 e. The van der Waals surface area contributed by atoms with E-state index in [4.69, 9.17) is 0 Å². The summed E-state index contributed by atoms with van der Waals surface area (Å²) in [5.41, 5.74) is 0.777. The van der Waals surface area contributed by atoms with Crippen LogP contribution in [-0.4, -0.2) is 30.6 Å². The van der Waals surface area contributed by atoms with Crippen LogP contribution in [0, 0.1) is 30.3 Å². The molecule has 0 aliphatic rings. The fraction of sp³-hybridized carbons (Fsp3) is 0. The van der Waals surface area contributed by atoms with Gasteiger partial charge in [-0.15, -0.1) is 10.2 Å². The predicted octanol–water partition coefficient (Wildman–Crippen LogP) is 4.85. The van der Waals surface area contributed by atoms with E-state index in [1.807, 2.05) is 6.07 Å².